The van der Waals surface area contributed by atoms with Crippen molar-refractivity contribution in [2.45, 2.75) is 24.3 Å². The van der Waals surface area contributed by atoms with Crippen molar-refractivity contribution in [2.24, 2.45) is 7.05 Å². The summed E-state index contributed by atoms with van der Waals surface area (Å²) in [7, 11) is 1.91. The number of amides is 1. The van der Waals surface area contributed by atoms with Gasteiger partial charge in [-0.1, -0.05) is 17.8 Å². The molecule has 1 atom stereocenters. The Hall–Kier alpha value is -1.82. The molecule has 1 amide bonds. The fraction of sp³-hybridized carbons (Fsp3) is 0.308. The van der Waals surface area contributed by atoms with Crippen LogP contribution in [0.3, 0.4) is 0 Å². The van der Waals surface area contributed by atoms with E-state index in [1.807, 2.05) is 43.8 Å². The van der Waals surface area contributed by atoms with Crippen LogP contribution in [0, 0.1) is 6.92 Å². The van der Waals surface area contributed by atoms with Gasteiger partial charge in [-0.25, -0.2) is 9.97 Å². The fourth-order valence-electron chi connectivity index (χ4n) is 1.51. The zero-order valence-electron chi connectivity index (χ0n) is 11.1. The van der Waals surface area contributed by atoms with Gasteiger partial charge in [0.15, 0.2) is 5.16 Å². The number of carbonyl (C=O) groups is 1. The molecule has 6 heteroatoms. The Kier molecular flexibility index (Phi) is 4.21. The average Bonchev–Trinajstić information content (AvgIpc) is 2.78. The van der Waals surface area contributed by atoms with E-state index in [1.54, 1.807) is 12.4 Å². The molecule has 2 heterocycles. The van der Waals surface area contributed by atoms with Gasteiger partial charge in [0.2, 0.25) is 5.91 Å². The number of rotatable bonds is 4. The molecule has 2 aromatic heterocycles. The Morgan fingerprint density at radius 1 is 1.42 bits per heavy atom. The summed E-state index contributed by atoms with van der Waals surface area (Å²) in [6.45, 7) is 3.77. The first-order valence-electron chi connectivity index (χ1n) is 5.94. The van der Waals surface area contributed by atoms with Gasteiger partial charge in [-0.05, 0) is 25.5 Å². The van der Waals surface area contributed by atoms with E-state index in [0.29, 0.717) is 5.82 Å². The summed E-state index contributed by atoms with van der Waals surface area (Å²) < 4.78 is 1.89. The van der Waals surface area contributed by atoms with E-state index in [-0.39, 0.29) is 11.2 Å². The van der Waals surface area contributed by atoms with Gasteiger partial charge in [0.05, 0.1) is 5.25 Å². The number of anilines is 1. The van der Waals surface area contributed by atoms with Gasteiger partial charge in [0.1, 0.15) is 5.82 Å². The number of carbonyl (C=O) groups excluding carboxylic acids is 1. The quantitative estimate of drug-likeness (QED) is 0.870. The minimum atomic E-state index is -0.234. The first-order chi connectivity index (χ1) is 9.08. The Balaban J connectivity index is 2.00. The summed E-state index contributed by atoms with van der Waals surface area (Å²) in [6, 6.07) is 3.76. The molecule has 0 saturated heterocycles. The van der Waals surface area contributed by atoms with E-state index in [0.717, 1.165) is 10.7 Å². The molecule has 0 spiro atoms. The molecule has 0 aliphatic rings. The normalized spacial score (nSPS) is 12.2. The van der Waals surface area contributed by atoms with Gasteiger partial charge in [-0.2, -0.15) is 0 Å². The van der Waals surface area contributed by atoms with Crippen molar-refractivity contribution in [3.63, 3.8) is 0 Å². The second kappa shape index (κ2) is 5.88. The Bertz CT molecular complexity index is 582. The SMILES string of the molecule is Cc1cccnc1NC(=O)C(C)Sc1nccn1C. The van der Waals surface area contributed by atoms with Crippen LogP contribution in [0.25, 0.3) is 0 Å². The lowest BCUT2D eigenvalue weighted by atomic mass is 10.3. The van der Waals surface area contributed by atoms with Gasteiger partial charge in [-0.3, -0.25) is 4.79 Å². The van der Waals surface area contributed by atoms with Crippen LogP contribution in [0.15, 0.2) is 35.9 Å². The maximum atomic E-state index is 12.1. The van der Waals surface area contributed by atoms with Crippen LogP contribution in [-0.2, 0) is 11.8 Å². The summed E-state index contributed by atoms with van der Waals surface area (Å²) >= 11 is 1.42. The maximum Gasteiger partial charge on any atom is 0.238 e. The lowest BCUT2D eigenvalue weighted by molar-refractivity contribution is -0.115. The van der Waals surface area contributed by atoms with E-state index in [4.69, 9.17) is 0 Å². The maximum absolute atomic E-state index is 12.1. The highest BCUT2D eigenvalue weighted by atomic mass is 32.2. The highest BCUT2D eigenvalue weighted by Crippen LogP contribution is 2.22. The number of nitrogens with zero attached hydrogens (tertiary/aromatic N) is 3. The zero-order chi connectivity index (χ0) is 13.8. The van der Waals surface area contributed by atoms with Crippen LogP contribution < -0.4 is 5.32 Å². The van der Waals surface area contributed by atoms with Crippen LogP contribution in [0.4, 0.5) is 5.82 Å². The molecular weight excluding hydrogens is 260 g/mol. The molecule has 0 saturated carbocycles. The molecule has 0 fully saturated rings. The van der Waals surface area contributed by atoms with E-state index >= 15 is 0 Å². The molecule has 0 radical (unpaired) electrons. The fourth-order valence-corrected chi connectivity index (χ4v) is 2.34. The lowest BCUT2D eigenvalue weighted by Gasteiger charge is -2.12. The summed E-state index contributed by atoms with van der Waals surface area (Å²) in [5.74, 6) is 0.537. The second-order valence-electron chi connectivity index (χ2n) is 4.24. The van der Waals surface area contributed by atoms with E-state index in [9.17, 15) is 4.79 Å². The number of hydrogen-bond acceptors (Lipinski definition) is 4. The number of aryl methyl sites for hydroxylation is 2. The molecule has 0 aliphatic heterocycles. The standard InChI is InChI=1S/C13H16N4OS/c1-9-5-4-6-14-11(9)16-12(18)10(2)19-13-15-7-8-17(13)3/h4-8,10H,1-3H3,(H,14,16,18). The van der Waals surface area contributed by atoms with Crippen LogP contribution in [-0.4, -0.2) is 25.7 Å². The highest BCUT2D eigenvalue weighted by molar-refractivity contribution is 8.00. The summed E-state index contributed by atoms with van der Waals surface area (Å²) in [4.78, 5) is 20.4. The van der Waals surface area contributed by atoms with Gasteiger partial charge < -0.3 is 9.88 Å². The summed E-state index contributed by atoms with van der Waals surface area (Å²) in [5, 5.41) is 3.42. The third kappa shape index (κ3) is 3.35. The molecule has 2 aromatic rings. The smallest absolute Gasteiger partial charge is 0.238 e. The highest BCUT2D eigenvalue weighted by Gasteiger charge is 2.17. The number of aromatic nitrogens is 3. The molecular formula is C13H16N4OS. The van der Waals surface area contributed by atoms with Gasteiger partial charge in [0.25, 0.3) is 0 Å². The molecule has 0 aromatic carbocycles. The Morgan fingerprint density at radius 2 is 2.21 bits per heavy atom. The summed E-state index contributed by atoms with van der Waals surface area (Å²) in [5.41, 5.74) is 0.949. The third-order valence-electron chi connectivity index (χ3n) is 2.68. The van der Waals surface area contributed by atoms with Crippen LogP contribution in [0.5, 0.6) is 0 Å². The summed E-state index contributed by atoms with van der Waals surface area (Å²) in [6.07, 6.45) is 5.24. The molecule has 19 heavy (non-hydrogen) atoms. The predicted molar refractivity (Wildman–Crippen MR) is 76.1 cm³/mol. The molecule has 5 nitrogen and oxygen atoms in total. The largest absolute Gasteiger partial charge is 0.329 e. The Labute approximate surface area is 116 Å². The lowest BCUT2D eigenvalue weighted by Crippen LogP contribution is -2.23. The number of nitrogens with one attached hydrogen (secondary N) is 1. The van der Waals surface area contributed by atoms with Crippen molar-refractivity contribution in [3.05, 3.63) is 36.3 Å². The van der Waals surface area contributed by atoms with Crippen molar-refractivity contribution in [1.29, 1.82) is 0 Å². The number of pyridine rings is 1. The van der Waals surface area contributed by atoms with Gasteiger partial charge in [-0.15, -0.1) is 0 Å². The third-order valence-corrected chi connectivity index (χ3v) is 3.85. The molecule has 0 aliphatic carbocycles. The first-order valence-corrected chi connectivity index (χ1v) is 6.82. The average molecular weight is 276 g/mol. The minimum Gasteiger partial charge on any atom is -0.329 e. The van der Waals surface area contributed by atoms with Crippen molar-refractivity contribution >= 4 is 23.5 Å². The van der Waals surface area contributed by atoms with Gasteiger partial charge in [0, 0.05) is 25.6 Å². The molecule has 2 rings (SSSR count). The van der Waals surface area contributed by atoms with Crippen LogP contribution >= 0.6 is 11.8 Å². The molecule has 100 valence electrons. The van der Waals surface area contributed by atoms with E-state index in [2.05, 4.69) is 15.3 Å². The van der Waals surface area contributed by atoms with Gasteiger partial charge >= 0.3 is 0 Å². The van der Waals surface area contributed by atoms with Crippen molar-refractivity contribution in [3.8, 4) is 0 Å². The Morgan fingerprint density at radius 3 is 2.84 bits per heavy atom. The minimum absolute atomic E-state index is 0.0743. The monoisotopic (exact) mass is 276 g/mol. The van der Waals surface area contributed by atoms with E-state index in [1.165, 1.54) is 11.8 Å². The zero-order valence-corrected chi connectivity index (χ0v) is 11.9. The van der Waals surface area contributed by atoms with Crippen molar-refractivity contribution in [1.82, 2.24) is 14.5 Å². The topological polar surface area (TPSA) is 59.8 Å². The first kappa shape index (κ1) is 13.6. The van der Waals surface area contributed by atoms with Crippen LogP contribution in [0.2, 0.25) is 0 Å². The number of thioether (sulfide) groups is 1. The van der Waals surface area contributed by atoms with Crippen LogP contribution in [0.1, 0.15) is 12.5 Å². The molecule has 1 unspecified atom stereocenters. The predicted octanol–water partition coefficient (Wildman–Crippen LogP) is 2.24. The number of hydrogen-bond donors (Lipinski definition) is 1. The van der Waals surface area contributed by atoms with Crippen molar-refractivity contribution < 1.29 is 4.79 Å². The van der Waals surface area contributed by atoms with Crippen molar-refractivity contribution in [2.75, 3.05) is 5.32 Å². The molecule has 0 bridgehead atoms. The molecule has 1 N–H and O–H groups in total. The van der Waals surface area contributed by atoms with E-state index < -0.39 is 0 Å². The second-order valence-corrected chi connectivity index (χ2v) is 5.55. The number of imidazole rings is 1.